The van der Waals surface area contributed by atoms with Crippen LogP contribution in [0.1, 0.15) is 10.5 Å². The molecule has 0 bridgehead atoms. The molecule has 4 nitrogen and oxygen atoms in total. The number of rotatable bonds is 3. The standard InChI is InChI=1S/C15H10BrN3OS/c16-9-5-1-4-8-12(9)21-15-13(14(17)20)18-10-6-2-3-7-11(10)19-15/h1-8H,(H2,17,20). The van der Waals surface area contributed by atoms with Crippen LogP contribution in [0.15, 0.2) is 62.9 Å². The molecule has 104 valence electrons. The molecule has 1 aromatic heterocycles. The van der Waals surface area contributed by atoms with E-state index in [4.69, 9.17) is 5.73 Å². The molecule has 2 N–H and O–H groups in total. The number of fused-ring (bicyclic) bond motifs is 1. The molecule has 0 radical (unpaired) electrons. The van der Waals surface area contributed by atoms with Crippen molar-refractivity contribution in [3.8, 4) is 0 Å². The predicted octanol–water partition coefficient (Wildman–Crippen LogP) is 3.64. The Morgan fingerprint density at radius 2 is 1.62 bits per heavy atom. The first-order valence-corrected chi connectivity index (χ1v) is 7.75. The highest BCUT2D eigenvalue weighted by Crippen LogP contribution is 2.34. The van der Waals surface area contributed by atoms with Crippen LogP contribution in [0.25, 0.3) is 11.0 Å². The second-order valence-electron chi connectivity index (χ2n) is 4.26. The van der Waals surface area contributed by atoms with E-state index in [-0.39, 0.29) is 5.69 Å². The number of para-hydroxylation sites is 2. The molecule has 1 heterocycles. The maximum atomic E-state index is 11.6. The number of primary amides is 1. The summed E-state index contributed by atoms with van der Waals surface area (Å²) in [7, 11) is 0. The van der Waals surface area contributed by atoms with E-state index in [1.165, 1.54) is 11.8 Å². The van der Waals surface area contributed by atoms with Crippen LogP contribution in [0, 0.1) is 0 Å². The van der Waals surface area contributed by atoms with Crippen LogP contribution in [-0.4, -0.2) is 15.9 Å². The zero-order chi connectivity index (χ0) is 14.8. The Labute approximate surface area is 133 Å². The molecule has 0 aliphatic rings. The lowest BCUT2D eigenvalue weighted by Gasteiger charge is -2.08. The van der Waals surface area contributed by atoms with Crippen LogP contribution >= 0.6 is 27.7 Å². The van der Waals surface area contributed by atoms with Gasteiger partial charge in [-0.3, -0.25) is 4.79 Å². The van der Waals surface area contributed by atoms with Crippen molar-refractivity contribution in [2.75, 3.05) is 0 Å². The first kappa shape index (κ1) is 14.0. The summed E-state index contributed by atoms with van der Waals surface area (Å²) in [5.74, 6) is -0.581. The predicted molar refractivity (Wildman–Crippen MR) is 86.3 cm³/mol. The van der Waals surface area contributed by atoms with E-state index < -0.39 is 5.91 Å². The average Bonchev–Trinajstić information content (AvgIpc) is 2.48. The van der Waals surface area contributed by atoms with Crippen LogP contribution in [0.2, 0.25) is 0 Å². The van der Waals surface area contributed by atoms with E-state index in [1.54, 1.807) is 0 Å². The molecule has 3 rings (SSSR count). The minimum absolute atomic E-state index is 0.189. The van der Waals surface area contributed by atoms with Crippen molar-refractivity contribution in [2.45, 2.75) is 9.92 Å². The lowest BCUT2D eigenvalue weighted by Crippen LogP contribution is -2.15. The number of hydrogen-bond donors (Lipinski definition) is 1. The Morgan fingerprint density at radius 1 is 1.00 bits per heavy atom. The quantitative estimate of drug-likeness (QED) is 0.774. The topological polar surface area (TPSA) is 68.9 Å². The fourth-order valence-corrected chi connectivity index (χ4v) is 3.28. The number of carbonyl (C=O) groups excluding carboxylic acids is 1. The van der Waals surface area contributed by atoms with Crippen molar-refractivity contribution in [3.63, 3.8) is 0 Å². The van der Waals surface area contributed by atoms with Gasteiger partial charge in [-0.15, -0.1) is 0 Å². The number of amides is 1. The van der Waals surface area contributed by atoms with Crippen LogP contribution in [0.3, 0.4) is 0 Å². The van der Waals surface area contributed by atoms with Gasteiger partial charge in [-0.1, -0.05) is 36.0 Å². The molecule has 2 aromatic carbocycles. The Balaban J connectivity index is 2.14. The molecule has 0 saturated heterocycles. The number of benzene rings is 2. The monoisotopic (exact) mass is 359 g/mol. The van der Waals surface area contributed by atoms with Gasteiger partial charge in [0.25, 0.3) is 5.91 Å². The van der Waals surface area contributed by atoms with Crippen molar-refractivity contribution in [3.05, 3.63) is 58.7 Å². The maximum absolute atomic E-state index is 11.6. The van der Waals surface area contributed by atoms with Crippen LogP contribution in [-0.2, 0) is 0 Å². The Kier molecular flexibility index (Phi) is 3.90. The molecule has 0 unspecified atom stereocenters. The summed E-state index contributed by atoms with van der Waals surface area (Å²) >= 11 is 4.84. The van der Waals surface area contributed by atoms with Gasteiger partial charge >= 0.3 is 0 Å². The Morgan fingerprint density at radius 3 is 2.29 bits per heavy atom. The first-order chi connectivity index (χ1) is 10.1. The summed E-state index contributed by atoms with van der Waals surface area (Å²) in [4.78, 5) is 21.4. The lowest BCUT2D eigenvalue weighted by molar-refractivity contribution is 0.0992. The highest BCUT2D eigenvalue weighted by molar-refractivity contribution is 9.10. The number of hydrogen-bond acceptors (Lipinski definition) is 4. The van der Waals surface area contributed by atoms with Gasteiger partial charge in [-0.05, 0) is 40.2 Å². The first-order valence-electron chi connectivity index (χ1n) is 6.14. The minimum Gasteiger partial charge on any atom is -0.364 e. The SMILES string of the molecule is NC(=O)c1nc2ccccc2nc1Sc1ccccc1Br. The third-order valence-electron chi connectivity index (χ3n) is 2.82. The van der Waals surface area contributed by atoms with Gasteiger partial charge < -0.3 is 5.73 Å². The fraction of sp³-hybridized carbons (Fsp3) is 0. The number of carbonyl (C=O) groups is 1. The average molecular weight is 360 g/mol. The number of aromatic nitrogens is 2. The van der Waals surface area contributed by atoms with Gasteiger partial charge in [0.15, 0.2) is 5.69 Å². The van der Waals surface area contributed by atoms with Crippen molar-refractivity contribution < 1.29 is 4.79 Å². The molecule has 0 fully saturated rings. The molecule has 6 heteroatoms. The molecule has 0 spiro atoms. The van der Waals surface area contributed by atoms with Gasteiger partial charge in [-0.25, -0.2) is 9.97 Å². The number of nitrogens with two attached hydrogens (primary N) is 1. The smallest absolute Gasteiger partial charge is 0.270 e. The number of nitrogens with zero attached hydrogens (tertiary/aromatic N) is 2. The molecular weight excluding hydrogens is 350 g/mol. The zero-order valence-corrected chi connectivity index (χ0v) is 13.2. The molecule has 1 amide bonds. The largest absolute Gasteiger partial charge is 0.364 e. The van der Waals surface area contributed by atoms with Crippen LogP contribution in [0.5, 0.6) is 0 Å². The second-order valence-corrected chi connectivity index (χ2v) is 6.15. The molecule has 0 aliphatic carbocycles. The molecule has 3 aromatic rings. The normalized spacial score (nSPS) is 10.7. The highest BCUT2D eigenvalue weighted by atomic mass is 79.9. The van der Waals surface area contributed by atoms with Gasteiger partial charge in [0.1, 0.15) is 5.03 Å². The number of halogens is 1. The molecular formula is C15H10BrN3OS. The van der Waals surface area contributed by atoms with Gasteiger partial charge in [0.05, 0.1) is 11.0 Å². The summed E-state index contributed by atoms with van der Waals surface area (Å²) in [5.41, 5.74) is 7.01. The molecule has 21 heavy (non-hydrogen) atoms. The van der Waals surface area contributed by atoms with Gasteiger partial charge in [0.2, 0.25) is 0 Å². The summed E-state index contributed by atoms with van der Waals surface area (Å²) in [6.45, 7) is 0. The van der Waals surface area contributed by atoms with Crippen molar-refractivity contribution in [1.82, 2.24) is 9.97 Å². The van der Waals surface area contributed by atoms with Crippen molar-refractivity contribution in [1.29, 1.82) is 0 Å². The van der Waals surface area contributed by atoms with E-state index in [2.05, 4.69) is 25.9 Å². The highest BCUT2D eigenvalue weighted by Gasteiger charge is 2.15. The van der Waals surface area contributed by atoms with Gasteiger partial charge in [0, 0.05) is 9.37 Å². The minimum atomic E-state index is -0.581. The van der Waals surface area contributed by atoms with E-state index in [9.17, 15) is 4.79 Å². The lowest BCUT2D eigenvalue weighted by atomic mass is 10.3. The second kappa shape index (κ2) is 5.83. The third-order valence-corrected chi connectivity index (χ3v) is 4.82. The molecule has 0 saturated carbocycles. The van der Waals surface area contributed by atoms with Crippen molar-refractivity contribution >= 4 is 44.6 Å². The van der Waals surface area contributed by atoms with E-state index in [0.717, 1.165) is 14.9 Å². The zero-order valence-electron chi connectivity index (χ0n) is 10.8. The van der Waals surface area contributed by atoms with E-state index in [1.807, 2.05) is 48.5 Å². The Bertz CT molecular complexity index is 838. The summed E-state index contributed by atoms with van der Waals surface area (Å²) in [5, 5.41) is 0.508. The maximum Gasteiger partial charge on any atom is 0.270 e. The summed E-state index contributed by atoms with van der Waals surface area (Å²) < 4.78 is 0.931. The van der Waals surface area contributed by atoms with Gasteiger partial charge in [-0.2, -0.15) is 0 Å². The van der Waals surface area contributed by atoms with Crippen molar-refractivity contribution in [2.24, 2.45) is 5.73 Å². The van der Waals surface area contributed by atoms with Crippen LogP contribution in [0.4, 0.5) is 0 Å². The fourth-order valence-electron chi connectivity index (χ4n) is 1.85. The van der Waals surface area contributed by atoms with E-state index in [0.29, 0.717) is 10.5 Å². The summed E-state index contributed by atoms with van der Waals surface area (Å²) in [6, 6.07) is 15.1. The summed E-state index contributed by atoms with van der Waals surface area (Å²) in [6.07, 6.45) is 0. The molecule has 0 aliphatic heterocycles. The molecule has 0 atom stereocenters. The van der Waals surface area contributed by atoms with Crippen LogP contribution < -0.4 is 5.73 Å². The third kappa shape index (κ3) is 2.91. The van der Waals surface area contributed by atoms with E-state index >= 15 is 0 Å². The Hall–Kier alpha value is -1.92.